The van der Waals surface area contributed by atoms with E-state index in [1.54, 1.807) is 12.3 Å². The summed E-state index contributed by atoms with van der Waals surface area (Å²) in [5.74, 6) is 0.0917. The fourth-order valence-electron chi connectivity index (χ4n) is 4.80. The Labute approximate surface area is 219 Å². The van der Waals surface area contributed by atoms with Gasteiger partial charge in [-0.05, 0) is 44.6 Å². The van der Waals surface area contributed by atoms with E-state index in [1.807, 2.05) is 40.6 Å². The second-order valence-electron chi connectivity index (χ2n) is 9.29. The average Bonchev–Trinajstić information content (AvgIpc) is 3.37. The molecule has 5 rings (SSSR count). The van der Waals surface area contributed by atoms with Gasteiger partial charge in [-0.15, -0.1) is 11.3 Å². The Kier molecular flexibility index (Phi) is 7.50. The fourth-order valence-corrected chi connectivity index (χ4v) is 5.74. The first-order valence-electron chi connectivity index (χ1n) is 12.2. The summed E-state index contributed by atoms with van der Waals surface area (Å²) >= 11 is 7.60. The highest BCUT2D eigenvalue weighted by molar-refractivity contribution is 7.14. The van der Waals surface area contributed by atoms with Crippen LogP contribution in [0.1, 0.15) is 23.3 Å². The minimum Gasteiger partial charge on any atom is -0.367 e. The second kappa shape index (κ2) is 10.9. The van der Waals surface area contributed by atoms with Crippen molar-refractivity contribution in [3.63, 3.8) is 0 Å². The average molecular weight is 525 g/mol. The molecule has 8 nitrogen and oxygen atoms in total. The number of piperidine rings is 1. The van der Waals surface area contributed by atoms with Gasteiger partial charge in [-0.2, -0.15) is 0 Å². The first-order chi connectivity index (χ1) is 17.5. The van der Waals surface area contributed by atoms with Crippen LogP contribution in [0.4, 0.5) is 10.8 Å². The highest BCUT2D eigenvalue weighted by atomic mass is 35.5. The number of piperazine rings is 1. The maximum absolute atomic E-state index is 12.9. The lowest BCUT2D eigenvalue weighted by molar-refractivity contribution is -0.137. The Morgan fingerprint density at radius 3 is 2.61 bits per heavy atom. The van der Waals surface area contributed by atoms with Crippen molar-refractivity contribution in [2.75, 3.05) is 56.5 Å². The summed E-state index contributed by atoms with van der Waals surface area (Å²) in [6, 6.07) is 11.1. The minimum absolute atomic E-state index is 0.119. The number of pyridine rings is 1. The van der Waals surface area contributed by atoms with E-state index in [-0.39, 0.29) is 17.7 Å². The van der Waals surface area contributed by atoms with Gasteiger partial charge in [0.1, 0.15) is 5.69 Å². The van der Waals surface area contributed by atoms with Crippen LogP contribution in [-0.4, -0.2) is 77.9 Å². The van der Waals surface area contributed by atoms with Crippen LogP contribution in [0, 0.1) is 5.92 Å². The Balaban J connectivity index is 1.15. The zero-order valence-corrected chi connectivity index (χ0v) is 21.8. The van der Waals surface area contributed by atoms with Gasteiger partial charge in [0.05, 0.1) is 23.5 Å². The molecule has 2 saturated heterocycles. The molecular formula is C26H29ClN6O2S. The van der Waals surface area contributed by atoms with E-state index in [9.17, 15) is 9.59 Å². The lowest BCUT2D eigenvalue weighted by Gasteiger charge is -2.39. The number of likely N-dealkylation sites (tertiary alicyclic amines) is 1. The fraction of sp³-hybridized carbons (Fsp3) is 0.385. The quantitative estimate of drug-likeness (QED) is 0.541. The van der Waals surface area contributed by atoms with Crippen molar-refractivity contribution in [1.29, 1.82) is 0 Å². The van der Waals surface area contributed by atoms with Gasteiger partial charge < -0.3 is 14.7 Å². The molecule has 10 heteroatoms. The van der Waals surface area contributed by atoms with Gasteiger partial charge in [-0.3, -0.25) is 14.9 Å². The van der Waals surface area contributed by atoms with Crippen LogP contribution >= 0.6 is 22.9 Å². The lowest BCUT2D eigenvalue weighted by Crippen LogP contribution is -2.52. The van der Waals surface area contributed by atoms with Gasteiger partial charge in [0.2, 0.25) is 5.91 Å². The summed E-state index contributed by atoms with van der Waals surface area (Å²) in [5.41, 5.74) is 2.82. The molecule has 1 aromatic carbocycles. The van der Waals surface area contributed by atoms with Crippen molar-refractivity contribution < 1.29 is 9.59 Å². The lowest BCUT2D eigenvalue weighted by atomic mass is 9.96. The van der Waals surface area contributed by atoms with Gasteiger partial charge in [-0.1, -0.05) is 29.8 Å². The Hall–Kier alpha value is -3.01. The summed E-state index contributed by atoms with van der Waals surface area (Å²) < 4.78 is 0. The molecule has 2 aliphatic heterocycles. The van der Waals surface area contributed by atoms with Crippen molar-refractivity contribution in [3.8, 4) is 11.3 Å². The topological polar surface area (TPSA) is 81.7 Å². The zero-order chi connectivity index (χ0) is 25.1. The Bertz CT molecular complexity index is 1230. The highest BCUT2D eigenvalue weighted by Crippen LogP contribution is 2.30. The number of halogens is 1. The van der Waals surface area contributed by atoms with E-state index in [1.165, 1.54) is 11.3 Å². The molecule has 188 valence electrons. The van der Waals surface area contributed by atoms with Crippen LogP contribution in [0.15, 0.2) is 48.0 Å². The number of hydrogen-bond acceptors (Lipinski definition) is 7. The summed E-state index contributed by atoms with van der Waals surface area (Å²) in [7, 11) is 2.09. The SMILES string of the molecule is CN1CCCC(C(=O)N2CCN(c3ccc(C(=O)Nc4nc(-c5ccccc5Cl)cs4)nc3)CC2)C1. The van der Waals surface area contributed by atoms with Crippen LogP contribution in [0.25, 0.3) is 11.3 Å². The third kappa shape index (κ3) is 5.53. The first kappa shape index (κ1) is 24.7. The maximum Gasteiger partial charge on any atom is 0.276 e. The number of amides is 2. The van der Waals surface area contributed by atoms with Crippen molar-refractivity contribution in [3.05, 3.63) is 58.7 Å². The zero-order valence-electron chi connectivity index (χ0n) is 20.2. The summed E-state index contributed by atoms with van der Waals surface area (Å²) in [6.07, 6.45) is 3.79. The van der Waals surface area contributed by atoms with E-state index in [2.05, 4.69) is 32.1 Å². The van der Waals surface area contributed by atoms with Crippen LogP contribution in [0.3, 0.4) is 0 Å². The molecule has 2 aromatic heterocycles. The van der Waals surface area contributed by atoms with Crippen molar-refractivity contribution in [1.82, 2.24) is 19.8 Å². The number of rotatable bonds is 5. The van der Waals surface area contributed by atoms with Crippen LogP contribution in [0.5, 0.6) is 0 Å². The number of anilines is 2. The number of carbonyl (C=O) groups excluding carboxylic acids is 2. The number of thiazole rings is 1. The summed E-state index contributed by atoms with van der Waals surface area (Å²) in [4.78, 5) is 41.0. The third-order valence-electron chi connectivity index (χ3n) is 6.79. The van der Waals surface area contributed by atoms with Gasteiger partial charge >= 0.3 is 0 Å². The number of carbonyl (C=O) groups is 2. The maximum atomic E-state index is 12.9. The van der Waals surface area contributed by atoms with E-state index >= 15 is 0 Å². The van der Waals surface area contributed by atoms with E-state index in [0.29, 0.717) is 28.9 Å². The molecule has 0 saturated carbocycles. The molecule has 2 aliphatic rings. The van der Waals surface area contributed by atoms with Crippen LogP contribution < -0.4 is 10.2 Å². The number of hydrogen-bond donors (Lipinski definition) is 1. The van der Waals surface area contributed by atoms with E-state index in [4.69, 9.17) is 11.6 Å². The molecule has 0 aliphatic carbocycles. The third-order valence-corrected chi connectivity index (χ3v) is 7.87. The molecule has 3 aromatic rings. The van der Waals surface area contributed by atoms with Gasteiger partial charge in [-0.25, -0.2) is 9.97 Å². The predicted molar refractivity (Wildman–Crippen MR) is 144 cm³/mol. The molecule has 0 spiro atoms. The number of aromatic nitrogens is 2. The molecule has 4 heterocycles. The van der Waals surface area contributed by atoms with Gasteiger partial charge in [0.25, 0.3) is 5.91 Å². The second-order valence-corrected chi connectivity index (χ2v) is 10.6. The van der Waals surface area contributed by atoms with Crippen LogP contribution in [0.2, 0.25) is 5.02 Å². The highest BCUT2D eigenvalue weighted by Gasteiger charge is 2.30. The monoisotopic (exact) mass is 524 g/mol. The molecular weight excluding hydrogens is 496 g/mol. The Morgan fingerprint density at radius 1 is 1.08 bits per heavy atom. The molecule has 2 amide bonds. The molecule has 1 unspecified atom stereocenters. The van der Waals surface area contributed by atoms with Gasteiger partial charge in [0, 0.05) is 48.7 Å². The standard InChI is InChI=1S/C26H29ClN6O2S/c1-31-10-4-5-18(16-31)25(35)33-13-11-32(12-14-33)19-8-9-22(28-15-19)24(34)30-26-29-23(17-36-26)20-6-2-3-7-21(20)27/h2-3,6-9,15,17-18H,4-5,10-14,16H2,1H3,(H,29,30,34). The molecule has 2 fully saturated rings. The number of benzene rings is 1. The normalized spacial score (nSPS) is 18.8. The molecule has 0 bridgehead atoms. The smallest absolute Gasteiger partial charge is 0.276 e. The van der Waals surface area contributed by atoms with Crippen molar-refractivity contribution in [2.24, 2.45) is 5.92 Å². The molecule has 0 radical (unpaired) electrons. The largest absolute Gasteiger partial charge is 0.367 e. The van der Waals surface area contributed by atoms with E-state index in [0.717, 1.165) is 56.0 Å². The van der Waals surface area contributed by atoms with Crippen LogP contribution in [-0.2, 0) is 4.79 Å². The first-order valence-corrected chi connectivity index (χ1v) is 13.4. The van der Waals surface area contributed by atoms with Crippen molar-refractivity contribution in [2.45, 2.75) is 12.8 Å². The number of nitrogens with zero attached hydrogens (tertiary/aromatic N) is 5. The summed E-state index contributed by atoms with van der Waals surface area (Å²) in [6.45, 7) is 4.86. The predicted octanol–water partition coefficient (Wildman–Crippen LogP) is 4.10. The van der Waals surface area contributed by atoms with Crippen molar-refractivity contribution >= 4 is 45.6 Å². The molecule has 1 atom stereocenters. The number of nitrogens with one attached hydrogen (secondary N) is 1. The Morgan fingerprint density at radius 2 is 1.89 bits per heavy atom. The molecule has 1 N–H and O–H groups in total. The van der Waals surface area contributed by atoms with Gasteiger partial charge in [0.15, 0.2) is 5.13 Å². The molecule has 36 heavy (non-hydrogen) atoms. The van der Waals surface area contributed by atoms with E-state index < -0.39 is 0 Å². The summed E-state index contributed by atoms with van der Waals surface area (Å²) in [5, 5.41) is 5.79. The minimum atomic E-state index is -0.311.